The van der Waals surface area contributed by atoms with Gasteiger partial charge in [-0.2, -0.15) is 0 Å². The number of thiophene rings is 1. The molecule has 1 unspecified atom stereocenters. The van der Waals surface area contributed by atoms with E-state index < -0.39 is 0 Å². The Morgan fingerprint density at radius 3 is 2.50 bits per heavy atom. The summed E-state index contributed by atoms with van der Waals surface area (Å²) in [4.78, 5) is 2.96. The highest BCUT2D eigenvalue weighted by Crippen LogP contribution is 2.38. The van der Waals surface area contributed by atoms with Crippen molar-refractivity contribution < 1.29 is 0 Å². The molecule has 1 aromatic carbocycles. The first-order valence-electron chi connectivity index (χ1n) is 5.04. The van der Waals surface area contributed by atoms with Gasteiger partial charge in [0, 0.05) is 14.2 Å². The fraction of sp³-hybridized carbons (Fsp3) is 0.231. The summed E-state index contributed by atoms with van der Waals surface area (Å²) in [6.07, 6.45) is 0. The molecule has 0 fully saturated rings. The van der Waals surface area contributed by atoms with Gasteiger partial charge in [-0.1, -0.05) is 45.8 Å². The normalized spacial score (nSPS) is 12.8. The van der Waals surface area contributed by atoms with Crippen LogP contribution in [0.3, 0.4) is 0 Å². The average Bonchev–Trinajstić information content (AvgIpc) is 2.58. The standard InChI is InChI=1S/C13H12Br2S/c1-8-4-3-5-10(6-8)13(15)12-7-11(14)9(2)16-12/h3-7,13H,1-2H3. The lowest BCUT2D eigenvalue weighted by Gasteiger charge is -2.08. The predicted octanol–water partition coefficient (Wildman–Crippen LogP) is 5.61. The Hall–Kier alpha value is -0.120. The van der Waals surface area contributed by atoms with Crippen LogP contribution in [0.15, 0.2) is 34.8 Å². The van der Waals surface area contributed by atoms with Crippen molar-refractivity contribution in [3.63, 3.8) is 0 Å². The maximum atomic E-state index is 3.77. The van der Waals surface area contributed by atoms with Crippen molar-refractivity contribution in [1.82, 2.24) is 0 Å². The SMILES string of the molecule is Cc1cccc(C(Br)c2cc(Br)c(C)s2)c1. The second-order valence-electron chi connectivity index (χ2n) is 3.83. The summed E-state index contributed by atoms with van der Waals surface area (Å²) < 4.78 is 1.20. The zero-order valence-corrected chi connectivity index (χ0v) is 13.1. The largest absolute Gasteiger partial charge is 0.143 e. The number of aryl methyl sites for hydroxylation is 2. The first kappa shape index (κ1) is 12.3. The van der Waals surface area contributed by atoms with Crippen LogP contribution in [-0.4, -0.2) is 0 Å². The van der Waals surface area contributed by atoms with Crippen molar-refractivity contribution in [3.05, 3.63) is 55.7 Å². The van der Waals surface area contributed by atoms with E-state index >= 15 is 0 Å². The summed E-state index contributed by atoms with van der Waals surface area (Å²) in [7, 11) is 0. The number of rotatable bonds is 2. The van der Waals surface area contributed by atoms with Crippen LogP contribution in [0.4, 0.5) is 0 Å². The Labute approximate surface area is 117 Å². The van der Waals surface area contributed by atoms with E-state index in [-0.39, 0.29) is 0 Å². The van der Waals surface area contributed by atoms with Crippen molar-refractivity contribution in [2.24, 2.45) is 0 Å². The highest BCUT2D eigenvalue weighted by atomic mass is 79.9. The minimum Gasteiger partial charge on any atom is -0.143 e. The maximum absolute atomic E-state index is 3.77. The predicted molar refractivity (Wildman–Crippen MR) is 78.7 cm³/mol. The molecule has 2 aromatic rings. The van der Waals surface area contributed by atoms with Gasteiger partial charge in [0.25, 0.3) is 0 Å². The molecule has 84 valence electrons. The zero-order valence-electron chi connectivity index (χ0n) is 9.13. The summed E-state index contributed by atoms with van der Waals surface area (Å²) in [6.45, 7) is 4.26. The van der Waals surface area contributed by atoms with Crippen LogP contribution >= 0.6 is 43.2 Å². The summed E-state index contributed by atoms with van der Waals surface area (Å²) >= 11 is 9.16. The molecular formula is C13H12Br2S. The van der Waals surface area contributed by atoms with Crippen LogP contribution in [0.2, 0.25) is 0 Å². The number of alkyl halides is 1. The molecule has 3 heteroatoms. The number of halogens is 2. The van der Waals surface area contributed by atoms with Crippen molar-refractivity contribution >= 4 is 43.2 Å². The molecule has 0 nitrogen and oxygen atoms in total. The summed E-state index contributed by atoms with van der Waals surface area (Å²) in [6, 6.07) is 10.8. The number of hydrogen-bond donors (Lipinski definition) is 0. The molecule has 2 rings (SSSR count). The van der Waals surface area contributed by atoms with E-state index in [1.807, 2.05) is 11.3 Å². The smallest absolute Gasteiger partial charge is 0.0738 e. The lowest BCUT2D eigenvalue weighted by Crippen LogP contribution is -1.89. The Morgan fingerprint density at radius 2 is 1.94 bits per heavy atom. The van der Waals surface area contributed by atoms with Crippen LogP contribution in [0.1, 0.15) is 25.7 Å². The first-order valence-corrected chi connectivity index (χ1v) is 7.57. The molecule has 0 aliphatic carbocycles. The molecule has 0 amide bonds. The molecule has 0 saturated heterocycles. The molecule has 0 bridgehead atoms. The van der Waals surface area contributed by atoms with E-state index in [2.05, 4.69) is 76.0 Å². The van der Waals surface area contributed by atoms with Crippen LogP contribution in [-0.2, 0) is 0 Å². The van der Waals surface area contributed by atoms with Gasteiger partial charge in [-0.3, -0.25) is 0 Å². The van der Waals surface area contributed by atoms with Crippen molar-refractivity contribution in [1.29, 1.82) is 0 Å². The molecule has 0 N–H and O–H groups in total. The Balaban J connectivity index is 2.35. The van der Waals surface area contributed by atoms with Gasteiger partial charge in [0.2, 0.25) is 0 Å². The third-order valence-corrected chi connectivity index (χ3v) is 5.99. The molecule has 0 radical (unpaired) electrons. The molecule has 0 aliphatic heterocycles. The lowest BCUT2D eigenvalue weighted by molar-refractivity contribution is 1.21. The number of benzene rings is 1. The van der Waals surface area contributed by atoms with Crippen LogP contribution in [0.5, 0.6) is 0 Å². The summed E-state index contributed by atoms with van der Waals surface area (Å²) in [5.74, 6) is 0. The minimum absolute atomic E-state index is 0.294. The molecule has 1 heterocycles. The van der Waals surface area contributed by atoms with Crippen LogP contribution in [0, 0.1) is 13.8 Å². The van der Waals surface area contributed by atoms with E-state index in [9.17, 15) is 0 Å². The third kappa shape index (κ3) is 2.58. The molecular weight excluding hydrogens is 348 g/mol. The van der Waals surface area contributed by atoms with Gasteiger partial charge in [0.15, 0.2) is 0 Å². The highest BCUT2D eigenvalue weighted by molar-refractivity contribution is 9.10. The molecule has 16 heavy (non-hydrogen) atoms. The van der Waals surface area contributed by atoms with E-state index in [1.165, 1.54) is 25.4 Å². The maximum Gasteiger partial charge on any atom is 0.0738 e. The average molecular weight is 360 g/mol. The topological polar surface area (TPSA) is 0 Å². The molecule has 0 aliphatic rings. The van der Waals surface area contributed by atoms with Gasteiger partial charge in [0.1, 0.15) is 0 Å². The Morgan fingerprint density at radius 1 is 1.19 bits per heavy atom. The summed E-state index contributed by atoms with van der Waals surface area (Å²) in [5.41, 5.74) is 2.61. The second kappa shape index (κ2) is 5.03. The van der Waals surface area contributed by atoms with Gasteiger partial charge < -0.3 is 0 Å². The van der Waals surface area contributed by atoms with Gasteiger partial charge >= 0.3 is 0 Å². The monoisotopic (exact) mass is 358 g/mol. The summed E-state index contributed by atoms with van der Waals surface area (Å²) in [5, 5.41) is 0. The molecule has 1 atom stereocenters. The second-order valence-corrected chi connectivity index (χ2v) is 6.89. The van der Waals surface area contributed by atoms with E-state index in [1.54, 1.807) is 0 Å². The van der Waals surface area contributed by atoms with Crippen molar-refractivity contribution in [3.8, 4) is 0 Å². The highest BCUT2D eigenvalue weighted by Gasteiger charge is 2.14. The van der Waals surface area contributed by atoms with Crippen molar-refractivity contribution in [2.75, 3.05) is 0 Å². The van der Waals surface area contributed by atoms with Gasteiger partial charge in [-0.05, 0) is 41.4 Å². The lowest BCUT2D eigenvalue weighted by atomic mass is 10.1. The molecule has 1 aromatic heterocycles. The Kier molecular flexibility index (Phi) is 3.88. The quantitative estimate of drug-likeness (QED) is 0.611. The van der Waals surface area contributed by atoms with E-state index in [0.717, 1.165) is 0 Å². The molecule has 0 saturated carbocycles. The Bertz CT molecular complexity index is 483. The third-order valence-electron chi connectivity index (χ3n) is 2.46. The minimum atomic E-state index is 0.294. The van der Waals surface area contributed by atoms with Crippen molar-refractivity contribution in [2.45, 2.75) is 18.7 Å². The van der Waals surface area contributed by atoms with Gasteiger partial charge in [0.05, 0.1) is 4.83 Å². The fourth-order valence-corrected chi connectivity index (χ4v) is 3.86. The van der Waals surface area contributed by atoms with Gasteiger partial charge in [-0.25, -0.2) is 0 Å². The molecule has 0 spiro atoms. The van der Waals surface area contributed by atoms with E-state index in [0.29, 0.717) is 4.83 Å². The van der Waals surface area contributed by atoms with E-state index in [4.69, 9.17) is 0 Å². The first-order chi connectivity index (χ1) is 7.58. The van der Waals surface area contributed by atoms with Crippen LogP contribution in [0.25, 0.3) is 0 Å². The zero-order chi connectivity index (χ0) is 11.7. The number of hydrogen-bond acceptors (Lipinski definition) is 1. The van der Waals surface area contributed by atoms with Gasteiger partial charge in [-0.15, -0.1) is 11.3 Å². The fourth-order valence-electron chi connectivity index (χ4n) is 1.60. The van der Waals surface area contributed by atoms with Crippen LogP contribution < -0.4 is 0 Å².